The molecule has 0 aliphatic rings. The minimum Gasteiger partial charge on any atom is -0.339 e. The molecule has 0 fully saturated rings. The summed E-state index contributed by atoms with van der Waals surface area (Å²) in [5.41, 5.74) is 1.09. The van der Waals surface area contributed by atoms with E-state index in [2.05, 4.69) is 4.72 Å². The van der Waals surface area contributed by atoms with E-state index in [4.69, 9.17) is 0 Å². The summed E-state index contributed by atoms with van der Waals surface area (Å²) in [5.74, 6) is 0. The van der Waals surface area contributed by atoms with Crippen LogP contribution in [0, 0.1) is 0 Å². The van der Waals surface area contributed by atoms with Crippen molar-refractivity contribution in [3.63, 3.8) is 0 Å². The molecule has 0 atom stereocenters. The summed E-state index contributed by atoms with van der Waals surface area (Å²) in [6.45, 7) is 1.18. The fourth-order valence-corrected chi connectivity index (χ4v) is 3.72. The first-order valence-electron chi connectivity index (χ1n) is 7.44. The lowest BCUT2D eigenvalue weighted by Crippen LogP contribution is -3.06. The number of rotatable bonds is 6. The third-order valence-electron chi connectivity index (χ3n) is 3.63. The molecule has 22 heavy (non-hydrogen) atoms. The van der Waals surface area contributed by atoms with Crippen molar-refractivity contribution in [1.29, 1.82) is 0 Å². The first kappa shape index (κ1) is 16.9. The second-order valence-corrected chi connectivity index (χ2v) is 7.75. The summed E-state index contributed by atoms with van der Waals surface area (Å²) < 4.78 is 27.9. The average Bonchev–Trinajstić information content (AvgIpc) is 2.45. The summed E-state index contributed by atoms with van der Waals surface area (Å²) in [7, 11) is 4.57. The van der Waals surface area contributed by atoms with Crippen LogP contribution in [0.2, 0.25) is 0 Å². The minimum atomic E-state index is -3.50. The van der Waals surface area contributed by atoms with Crippen LogP contribution in [0.3, 0.4) is 0 Å². The van der Waals surface area contributed by atoms with Crippen LogP contribution in [0.15, 0.2) is 41.3 Å². The van der Waals surface area contributed by atoms with E-state index in [1.54, 1.807) is 12.1 Å². The van der Waals surface area contributed by atoms with E-state index in [0.717, 1.165) is 23.0 Å². The van der Waals surface area contributed by atoms with E-state index in [1.807, 2.05) is 52.5 Å². The highest BCUT2D eigenvalue weighted by Crippen LogP contribution is 2.26. The molecule has 0 bridgehead atoms. The Balaban J connectivity index is 2.45. The molecule has 2 aromatic carbocycles. The number of benzene rings is 2. The van der Waals surface area contributed by atoms with Crippen LogP contribution in [0.25, 0.3) is 10.8 Å². The molecule has 0 saturated carbocycles. The molecule has 0 radical (unpaired) electrons. The molecule has 0 heterocycles. The van der Waals surface area contributed by atoms with Gasteiger partial charge in [-0.05, 0) is 18.2 Å². The Hall–Kier alpha value is -1.47. The summed E-state index contributed by atoms with van der Waals surface area (Å²) in [6.07, 6.45) is 0. The van der Waals surface area contributed by atoms with E-state index in [1.165, 1.54) is 9.80 Å². The van der Waals surface area contributed by atoms with Gasteiger partial charge in [-0.3, -0.25) is 0 Å². The van der Waals surface area contributed by atoms with Gasteiger partial charge in [0.15, 0.2) is 0 Å². The predicted octanol–water partition coefficient (Wildman–Crippen LogP) is -0.961. The number of hydrogen-bond donors (Lipinski definition) is 3. The molecule has 2 rings (SSSR count). The van der Waals surface area contributed by atoms with Gasteiger partial charge in [0.1, 0.15) is 5.69 Å². The number of sulfonamides is 1. The largest absolute Gasteiger partial charge is 0.339 e. The maximum absolute atomic E-state index is 12.6. The van der Waals surface area contributed by atoms with Crippen molar-refractivity contribution in [1.82, 2.24) is 4.72 Å². The van der Waals surface area contributed by atoms with E-state index in [9.17, 15) is 8.42 Å². The Morgan fingerprint density at radius 3 is 2.23 bits per heavy atom. The predicted molar refractivity (Wildman–Crippen MR) is 89.3 cm³/mol. The van der Waals surface area contributed by atoms with Crippen LogP contribution in [-0.2, 0) is 10.0 Å². The molecule has 0 saturated heterocycles. The van der Waals surface area contributed by atoms with Gasteiger partial charge in [-0.25, -0.2) is 13.1 Å². The van der Waals surface area contributed by atoms with Crippen molar-refractivity contribution in [2.45, 2.75) is 4.90 Å². The molecule has 0 spiro atoms. The number of quaternary nitrogens is 2. The Labute approximate surface area is 132 Å². The number of nitrogens with one attached hydrogen (secondary N) is 3. The SMILES string of the molecule is C[NH+](C)CCNS(=O)(=O)c1cccc2c([NH+](C)C)cccc12. The van der Waals surface area contributed by atoms with Crippen molar-refractivity contribution in [3.05, 3.63) is 36.4 Å². The highest BCUT2D eigenvalue weighted by Gasteiger charge is 2.19. The lowest BCUT2D eigenvalue weighted by molar-refractivity contribution is -0.856. The van der Waals surface area contributed by atoms with Crippen molar-refractivity contribution >= 4 is 26.5 Å². The molecule has 0 unspecified atom stereocenters. The molecular weight excluding hydrogens is 298 g/mol. The second-order valence-electron chi connectivity index (χ2n) is 6.01. The van der Waals surface area contributed by atoms with Gasteiger partial charge in [0, 0.05) is 10.8 Å². The van der Waals surface area contributed by atoms with E-state index < -0.39 is 10.0 Å². The molecule has 3 N–H and O–H groups in total. The molecule has 6 heteroatoms. The fraction of sp³-hybridized carbons (Fsp3) is 0.375. The zero-order valence-corrected chi connectivity index (χ0v) is 14.4. The van der Waals surface area contributed by atoms with Crippen LogP contribution in [0.5, 0.6) is 0 Å². The van der Waals surface area contributed by atoms with Crippen molar-refractivity contribution in [2.24, 2.45) is 0 Å². The Bertz CT molecular complexity index is 755. The van der Waals surface area contributed by atoms with Gasteiger partial charge in [-0.2, -0.15) is 0 Å². The zero-order valence-electron chi connectivity index (χ0n) is 13.6. The molecule has 0 aliphatic heterocycles. The van der Waals surface area contributed by atoms with Crippen LogP contribution < -0.4 is 14.5 Å². The average molecular weight is 323 g/mol. The normalized spacial score (nSPS) is 12.5. The first-order chi connectivity index (χ1) is 10.3. The van der Waals surface area contributed by atoms with Gasteiger partial charge in [-0.15, -0.1) is 0 Å². The molecule has 5 nitrogen and oxygen atoms in total. The third-order valence-corrected chi connectivity index (χ3v) is 5.15. The molecule has 0 aliphatic carbocycles. The number of fused-ring (bicyclic) bond motifs is 1. The van der Waals surface area contributed by atoms with Crippen molar-refractivity contribution in [3.8, 4) is 0 Å². The third kappa shape index (κ3) is 3.64. The molecular formula is C16H25N3O2S+2. The second kappa shape index (κ2) is 6.75. The van der Waals surface area contributed by atoms with Crippen LogP contribution in [-0.4, -0.2) is 49.7 Å². The Kier molecular flexibility index (Phi) is 5.18. The standard InChI is InChI=1S/C16H23N3O2S/c1-18(2)12-11-17-22(20,21)16-10-6-7-13-14(16)8-5-9-15(13)19(3)4/h5-10,17H,11-12H2,1-4H3/p+2. The number of hydrogen-bond acceptors (Lipinski definition) is 2. The van der Waals surface area contributed by atoms with Crippen LogP contribution in [0.4, 0.5) is 5.69 Å². The zero-order chi connectivity index (χ0) is 16.3. The van der Waals surface area contributed by atoms with Gasteiger partial charge in [-0.1, -0.05) is 18.2 Å². The van der Waals surface area contributed by atoms with E-state index >= 15 is 0 Å². The van der Waals surface area contributed by atoms with Crippen LogP contribution >= 0.6 is 0 Å². The van der Waals surface area contributed by atoms with Gasteiger partial charge < -0.3 is 9.80 Å². The molecule has 120 valence electrons. The monoisotopic (exact) mass is 323 g/mol. The maximum atomic E-state index is 12.6. The van der Waals surface area contributed by atoms with Gasteiger partial charge in [0.05, 0.1) is 46.2 Å². The minimum absolute atomic E-state index is 0.349. The van der Waals surface area contributed by atoms with Gasteiger partial charge in [0.25, 0.3) is 0 Å². The van der Waals surface area contributed by atoms with E-state index in [0.29, 0.717) is 11.4 Å². The summed E-state index contributed by atoms with van der Waals surface area (Å²) in [4.78, 5) is 2.73. The van der Waals surface area contributed by atoms with E-state index in [-0.39, 0.29) is 0 Å². The maximum Gasteiger partial charge on any atom is 0.241 e. The molecule has 0 aromatic heterocycles. The van der Waals surface area contributed by atoms with Crippen molar-refractivity contribution in [2.75, 3.05) is 41.3 Å². The molecule has 2 aromatic rings. The first-order valence-corrected chi connectivity index (χ1v) is 8.92. The Morgan fingerprint density at radius 1 is 0.955 bits per heavy atom. The lowest BCUT2D eigenvalue weighted by atomic mass is 10.1. The smallest absolute Gasteiger partial charge is 0.241 e. The summed E-state index contributed by atoms with van der Waals surface area (Å²) in [6, 6.07) is 11.3. The quantitative estimate of drug-likeness (QED) is 0.641. The van der Waals surface area contributed by atoms with Gasteiger partial charge in [0.2, 0.25) is 10.0 Å². The lowest BCUT2D eigenvalue weighted by Gasteiger charge is -2.14. The topological polar surface area (TPSA) is 55.0 Å². The highest BCUT2D eigenvalue weighted by atomic mass is 32.2. The highest BCUT2D eigenvalue weighted by molar-refractivity contribution is 7.89. The fourth-order valence-electron chi connectivity index (χ4n) is 2.46. The summed E-state index contributed by atoms with van der Waals surface area (Å²) >= 11 is 0. The Morgan fingerprint density at radius 2 is 1.59 bits per heavy atom. The number of likely N-dealkylation sites (N-methyl/N-ethyl adjacent to an activating group) is 1. The van der Waals surface area contributed by atoms with Crippen molar-refractivity contribution < 1.29 is 18.2 Å². The molecule has 0 amide bonds. The van der Waals surface area contributed by atoms with Crippen LogP contribution in [0.1, 0.15) is 0 Å². The van der Waals surface area contributed by atoms with Gasteiger partial charge >= 0.3 is 0 Å². The summed E-state index contributed by atoms with van der Waals surface area (Å²) in [5, 5.41) is 1.74.